The van der Waals surface area contributed by atoms with Crippen molar-refractivity contribution >= 4 is 15.1 Å². The minimum atomic E-state index is -1.59. The van der Waals surface area contributed by atoms with Gasteiger partial charge in [-0.25, -0.2) is 0 Å². The molecular weight excluding hydrogens is 293 g/mol. The average molecular weight is 325 g/mol. The molecule has 0 saturated carbocycles. The molecule has 2 rings (SSSR count). The first-order valence-corrected chi connectivity index (χ1v) is 11.9. The van der Waals surface area contributed by atoms with Crippen molar-refractivity contribution in [3.63, 3.8) is 0 Å². The Morgan fingerprint density at radius 2 is 1.74 bits per heavy atom. The van der Waals surface area contributed by atoms with Gasteiger partial charge in [-0.1, -0.05) is 94.7 Å². The second kappa shape index (κ2) is 7.13. The third kappa shape index (κ3) is 4.01. The van der Waals surface area contributed by atoms with Crippen LogP contribution in [0.1, 0.15) is 46.1 Å². The molecule has 0 fully saturated rings. The standard InChI is InChI=1S/C20H32BNSi/c1-7-12-19-15-11-16-22(23(5,6)20(2,3)4)21(19)17-18-13-9-8-10-14-18/h8-11,13-16H,7,12,17H2,1-6H3. The van der Waals surface area contributed by atoms with Crippen LogP contribution in [0.3, 0.4) is 0 Å². The van der Waals surface area contributed by atoms with E-state index in [-0.39, 0.29) is 0 Å². The molecule has 1 aliphatic rings. The largest absolute Gasteiger partial charge is 0.444 e. The summed E-state index contributed by atoms with van der Waals surface area (Å²) in [4.78, 5) is 0. The van der Waals surface area contributed by atoms with Gasteiger partial charge in [-0.05, 0) is 30.1 Å². The number of benzene rings is 1. The second-order valence-electron chi connectivity index (χ2n) is 8.25. The summed E-state index contributed by atoms with van der Waals surface area (Å²) >= 11 is 0. The predicted molar refractivity (Wildman–Crippen MR) is 107 cm³/mol. The molecule has 23 heavy (non-hydrogen) atoms. The van der Waals surface area contributed by atoms with Crippen molar-refractivity contribution in [1.82, 2.24) is 4.48 Å². The Morgan fingerprint density at radius 3 is 2.30 bits per heavy atom. The highest BCUT2D eigenvalue weighted by molar-refractivity contribution is 6.88. The molecule has 0 unspecified atom stereocenters. The lowest BCUT2D eigenvalue weighted by Gasteiger charge is -2.50. The molecule has 0 spiro atoms. The Labute approximate surface area is 144 Å². The van der Waals surface area contributed by atoms with E-state index >= 15 is 0 Å². The molecule has 0 aliphatic carbocycles. The van der Waals surface area contributed by atoms with Gasteiger partial charge in [0.05, 0.1) is 0 Å². The van der Waals surface area contributed by atoms with Crippen LogP contribution in [0.15, 0.2) is 54.2 Å². The minimum Gasteiger partial charge on any atom is -0.444 e. The molecule has 1 aliphatic heterocycles. The highest BCUT2D eigenvalue weighted by Gasteiger charge is 2.44. The van der Waals surface area contributed by atoms with Gasteiger partial charge in [-0.3, -0.25) is 0 Å². The molecule has 1 heterocycles. The maximum atomic E-state index is 2.74. The molecule has 0 amide bonds. The molecule has 1 aromatic carbocycles. The molecule has 1 nitrogen and oxygen atoms in total. The summed E-state index contributed by atoms with van der Waals surface area (Å²) in [5, 5.41) is 0.348. The van der Waals surface area contributed by atoms with Crippen LogP contribution >= 0.6 is 0 Å². The van der Waals surface area contributed by atoms with E-state index in [2.05, 4.69) is 93.9 Å². The van der Waals surface area contributed by atoms with E-state index in [4.69, 9.17) is 0 Å². The maximum Gasteiger partial charge on any atom is 0.280 e. The molecule has 3 heteroatoms. The quantitative estimate of drug-likeness (QED) is 0.613. The summed E-state index contributed by atoms with van der Waals surface area (Å²) in [5.74, 6) is 0. The van der Waals surface area contributed by atoms with Crippen molar-refractivity contribution in [2.45, 2.75) is 65.0 Å². The molecule has 1 aromatic rings. The fourth-order valence-corrected chi connectivity index (χ4v) is 5.49. The maximum absolute atomic E-state index is 2.74. The average Bonchev–Trinajstić information content (AvgIpc) is 2.49. The lowest BCUT2D eigenvalue weighted by Crippen LogP contribution is -2.60. The molecule has 0 N–H and O–H groups in total. The summed E-state index contributed by atoms with van der Waals surface area (Å²) in [5.41, 5.74) is 3.04. The van der Waals surface area contributed by atoms with Gasteiger partial charge < -0.3 is 4.48 Å². The van der Waals surface area contributed by atoms with Crippen LogP contribution < -0.4 is 0 Å². The van der Waals surface area contributed by atoms with Crippen LogP contribution in [0.4, 0.5) is 0 Å². The van der Waals surface area contributed by atoms with Crippen LogP contribution in [0.25, 0.3) is 0 Å². The van der Waals surface area contributed by atoms with E-state index in [9.17, 15) is 0 Å². The van der Waals surface area contributed by atoms with Crippen molar-refractivity contribution in [3.05, 3.63) is 59.7 Å². The molecule has 0 aromatic heterocycles. The third-order valence-corrected chi connectivity index (χ3v) is 11.0. The van der Waals surface area contributed by atoms with Crippen LogP contribution in [0.5, 0.6) is 0 Å². The number of nitrogens with zero attached hydrogens (tertiary/aromatic N) is 1. The van der Waals surface area contributed by atoms with Gasteiger partial charge in [0, 0.05) is 0 Å². The first-order valence-electron chi connectivity index (χ1n) is 8.97. The first kappa shape index (κ1) is 18.1. The summed E-state index contributed by atoms with van der Waals surface area (Å²) in [6.45, 7) is 15.1. The Balaban J connectivity index is 2.36. The Morgan fingerprint density at radius 1 is 1.09 bits per heavy atom. The smallest absolute Gasteiger partial charge is 0.280 e. The molecule has 0 radical (unpaired) electrons. The number of allylic oxidation sites excluding steroid dienone is 3. The topological polar surface area (TPSA) is 3.24 Å². The van der Waals surface area contributed by atoms with E-state index in [0.29, 0.717) is 11.9 Å². The Bertz CT molecular complexity index is 569. The van der Waals surface area contributed by atoms with Gasteiger partial charge in [0.15, 0.2) is 0 Å². The SMILES string of the molecule is CCCC1=CC=CN([Si](C)(C)C(C)(C)C)B1Cc1ccccc1. The lowest BCUT2D eigenvalue weighted by molar-refractivity contribution is 0.647. The zero-order chi connectivity index (χ0) is 17.1. The first-order chi connectivity index (χ1) is 10.8. The fourth-order valence-electron chi connectivity index (χ4n) is 3.22. The van der Waals surface area contributed by atoms with Crippen LogP contribution in [0.2, 0.25) is 18.1 Å². The second-order valence-corrected chi connectivity index (χ2v) is 13.4. The minimum absolute atomic E-state index is 0.348. The summed E-state index contributed by atoms with van der Waals surface area (Å²) in [6.07, 6.45) is 10.5. The summed E-state index contributed by atoms with van der Waals surface area (Å²) < 4.78 is 2.74. The van der Waals surface area contributed by atoms with Gasteiger partial charge in [0.1, 0.15) is 8.24 Å². The van der Waals surface area contributed by atoms with Gasteiger partial charge in [0.2, 0.25) is 0 Å². The van der Waals surface area contributed by atoms with Gasteiger partial charge in [-0.2, -0.15) is 0 Å². The Kier molecular flexibility index (Phi) is 5.62. The van der Waals surface area contributed by atoms with E-state index in [1.807, 2.05) is 0 Å². The molecule has 0 atom stereocenters. The molecular formula is C20H32BNSi. The van der Waals surface area contributed by atoms with Crippen molar-refractivity contribution in [3.8, 4) is 0 Å². The highest BCUT2D eigenvalue weighted by Crippen LogP contribution is 2.41. The third-order valence-electron chi connectivity index (χ3n) is 5.61. The molecule has 0 bridgehead atoms. The predicted octanol–water partition coefficient (Wildman–Crippen LogP) is 5.86. The van der Waals surface area contributed by atoms with Crippen LogP contribution in [0, 0.1) is 0 Å². The number of rotatable bonds is 5. The van der Waals surface area contributed by atoms with Crippen LogP contribution in [-0.4, -0.2) is 19.6 Å². The van der Waals surface area contributed by atoms with E-state index in [0.717, 1.165) is 6.32 Å². The van der Waals surface area contributed by atoms with E-state index < -0.39 is 8.24 Å². The number of hydrogen-bond acceptors (Lipinski definition) is 1. The van der Waals surface area contributed by atoms with Gasteiger partial charge in [0.25, 0.3) is 6.85 Å². The van der Waals surface area contributed by atoms with Crippen molar-refractivity contribution in [2.24, 2.45) is 0 Å². The zero-order valence-electron chi connectivity index (χ0n) is 15.8. The monoisotopic (exact) mass is 325 g/mol. The summed E-state index contributed by atoms with van der Waals surface area (Å²) in [7, 11) is -1.59. The van der Waals surface area contributed by atoms with Gasteiger partial charge >= 0.3 is 0 Å². The highest BCUT2D eigenvalue weighted by atomic mass is 28.3. The van der Waals surface area contributed by atoms with E-state index in [1.54, 1.807) is 5.47 Å². The van der Waals surface area contributed by atoms with Gasteiger partial charge in [-0.15, -0.1) is 0 Å². The lowest BCUT2D eigenvalue weighted by atomic mass is 9.49. The molecule has 0 saturated heterocycles. The normalized spacial score (nSPS) is 15.8. The fraction of sp³-hybridized carbons (Fsp3) is 0.500. The Hall–Kier alpha value is -1.22. The van der Waals surface area contributed by atoms with Crippen molar-refractivity contribution in [1.29, 1.82) is 0 Å². The number of hydrogen-bond donors (Lipinski definition) is 0. The molecule has 124 valence electrons. The van der Waals surface area contributed by atoms with Crippen molar-refractivity contribution in [2.75, 3.05) is 0 Å². The van der Waals surface area contributed by atoms with Crippen molar-refractivity contribution < 1.29 is 0 Å². The van der Waals surface area contributed by atoms with Crippen LogP contribution in [-0.2, 0) is 6.32 Å². The zero-order valence-corrected chi connectivity index (χ0v) is 16.8. The van der Waals surface area contributed by atoms with E-state index in [1.165, 1.54) is 18.4 Å². The summed E-state index contributed by atoms with van der Waals surface area (Å²) in [6, 6.07) is 11.0.